The Hall–Kier alpha value is -1.24. The molecule has 0 atom stereocenters. The van der Waals surface area contributed by atoms with E-state index in [1.807, 2.05) is 26.0 Å². The molecule has 0 aliphatic rings. The normalized spacial score (nSPS) is 7.82. The Kier molecular flexibility index (Phi) is 4.91. The zero-order valence-corrected chi connectivity index (χ0v) is 7.04. The molecule has 0 unspecified atom stereocenters. The molecule has 1 rings (SSSR count). The van der Waals surface area contributed by atoms with Gasteiger partial charge in [0.15, 0.2) is 0 Å². The van der Waals surface area contributed by atoms with Crippen LogP contribution in [0.5, 0.6) is 5.75 Å². The lowest BCUT2D eigenvalue weighted by Crippen LogP contribution is -1.66. The van der Waals surface area contributed by atoms with Gasteiger partial charge in [-0.15, -0.1) is 6.58 Å². The van der Waals surface area contributed by atoms with Crippen LogP contribution in [0, 0.1) is 6.92 Å². The molecule has 0 heterocycles. The minimum atomic E-state index is 0.338. The van der Waals surface area contributed by atoms with Crippen molar-refractivity contribution in [1.29, 1.82) is 0 Å². The Morgan fingerprint density at radius 1 is 1.45 bits per heavy atom. The van der Waals surface area contributed by atoms with Crippen molar-refractivity contribution in [3.05, 3.63) is 42.5 Å². The van der Waals surface area contributed by atoms with E-state index in [0.29, 0.717) is 5.75 Å². The molecule has 0 bridgehead atoms. The van der Waals surface area contributed by atoms with E-state index in [-0.39, 0.29) is 0 Å². The first kappa shape index (κ1) is 9.76. The number of aromatic hydroxyl groups is 1. The Balaban J connectivity index is 0.000000292. The molecular formula is C10H14O. The van der Waals surface area contributed by atoms with Crippen LogP contribution in [0.15, 0.2) is 36.9 Å². The van der Waals surface area contributed by atoms with Gasteiger partial charge in [0, 0.05) is 0 Å². The maximum absolute atomic E-state index is 8.81. The monoisotopic (exact) mass is 150 g/mol. The summed E-state index contributed by atoms with van der Waals surface area (Å²) >= 11 is 0. The van der Waals surface area contributed by atoms with E-state index in [0.717, 1.165) is 5.56 Å². The summed E-state index contributed by atoms with van der Waals surface area (Å²) in [6, 6.07) is 7.15. The SMILES string of the molecule is C=CC.Cc1cccc(O)c1. The molecule has 0 fully saturated rings. The molecule has 0 aliphatic heterocycles. The van der Waals surface area contributed by atoms with Gasteiger partial charge in [0.1, 0.15) is 5.75 Å². The van der Waals surface area contributed by atoms with E-state index >= 15 is 0 Å². The van der Waals surface area contributed by atoms with Gasteiger partial charge in [0.2, 0.25) is 0 Å². The predicted octanol–water partition coefficient (Wildman–Crippen LogP) is 2.89. The molecule has 0 radical (unpaired) electrons. The van der Waals surface area contributed by atoms with E-state index in [4.69, 9.17) is 5.11 Å². The number of benzene rings is 1. The summed E-state index contributed by atoms with van der Waals surface area (Å²) in [6.07, 6.45) is 1.75. The molecule has 0 amide bonds. The minimum Gasteiger partial charge on any atom is -0.508 e. The number of hydrogen-bond donors (Lipinski definition) is 1. The minimum absolute atomic E-state index is 0.338. The van der Waals surface area contributed by atoms with Gasteiger partial charge in [-0.2, -0.15) is 0 Å². The van der Waals surface area contributed by atoms with Crippen LogP contribution in [0.1, 0.15) is 12.5 Å². The standard InChI is InChI=1S/C7H8O.C3H6/c1-6-3-2-4-7(8)5-6;1-3-2/h2-5,8H,1H3;3H,1H2,2H3. The van der Waals surface area contributed by atoms with Crippen LogP contribution >= 0.6 is 0 Å². The van der Waals surface area contributed by atoms with Gasteiger partial charge >= 0.3 is 0 Å². The molecule has 60 valence electrons. The van der Waals surface area contributed by atoms with Crippen molar-refractivity contribution in [2.75, 3.05) is 0 Å². The molecule has 0 spiro atoms. The summed E-state index contributed by atoms with van der Waals surface area (Å²) in [6.45, 7) is 7.19. The van der Waals surface area contributed by atoms with E-state index in [9.17, 15) is 0 Å². The second-order valence-corrected chi connectivity index (χ2v) is 2.25. The molecule has 0 aliphatic carbocycles. The maximum atomic E-state index is 8.81. The highest BCUT2D eigenvalue weighted by Gasteiger charge is 1.83. The van der Waals surface area contributed by atoms with Crippen LogP contribution in [-0.4, -0.2) is 5.11 Å². The smallest absolute Gasteiger partial charge is 0.115 e. The first-order valence-corrected chi connectivity index (χ1v) is 3.53. The van der Waals surface area contributed by atoms with Crippen molar-refractivity contribution in [3.63, 3.8) is 0 Å². The Morgan fingerprint density at radius 2 is 2.00 bits per heavy atom. The Labute approximate surface area is 68.0 Å². The molecule has 1 nitrogen and oxygen atoms in total. The molecule has 0 saturated heterocycles. The molecule has 1 heteroatoms. The fourth-order valence-corrected chi connectivity index (χ4v) is 0.628. The van der Waals surface area contributed by atoms with E-state index in [1.165, 1.54) is 0 Å². The first-order valence-electron chi connectivity index (χ1n) is 3.53. The third kappa shape index (κ3) is 5.22. The highest BCUT2D eigenvalue weighted by atomic mass is 16.3. The second kappa shape index (κ2) is 5.54. The van der Waals surface area contributed by atoms with E-state index in [2.05, 4.69) is 6.58 Å². The van der Waals surface area contributed by atoms with Crippen molar-refractivity contribution in [1.82, 2.24) is 0 Å². The summed E-state index contributed by atoms with van der Waals surface area (Å²) in [5.74, 6) is 0.338. The molecule has 1 aromatic rings. The summed E-state index contributed by atoms with van der Waals surface area (Å²) in [4.78, 5) is 0. The van der Waals surface area contributed by atoms with Crippen LogP contribution in [0.3, 0.4) is 0 Å². The molecule has 11 heavy (non-hydrogen) atoms. The van der Waals surface area contributed by atoms with Crippen molar-refractivity contribution in [3.8, 4) is 5.75 Å². The van der Waals surface area contributed by atoms with Crippen LogP contribution in [0.2, 0.25) is 0 Å². The molecule has 0 saturated carbocycles. The number of hydrogen-bond acceptors (Lipinski definition) is 1. The number of rotatable bonds is 0. The number of allylic oxidation sites excluding steroid dienone is 1. The lowest BCUT2D eigenvalue weighted by atomic mass is 10.2. The summed E-state index contributed by atoms with van der Waals surface area (Å²) in [5, 5.41) is 8.81. The first-order chi connectivity index (χ1) is 5.20. The van der Waals surface area contributed by atoms with Gasteiger partial charge in [-0.3, -0.25) is 0 Å². The van der Waals surface area contributed by atoms with Crippen LogP contribution in [0.4, 0.5) is 0 Å². The lowest BCUT2D eigenvalue weighted by molar-refractivity contribution is 0.475. The topological polar surface area (TPSA) is 20.2 Å². The van der Waals surface area contributed by atoms with Crippen molar-refractivity contribution < 1.29 is 5.11 Å². The third-order valence-electron chi connectivity index (χ3n) is 1.00. The third-order valence-corrected chi connectivity index (χ3v) is 1.00. The summed E-state index contributed by atoms with van der Waals surface area (Å²) < 4.78 is 0. The number of aryl methyl sites for hydroxylation is 1. The van der Waals surface area contributed by atoms with Gasteiger partial charge in [0.05, 0.1) is 0 Å². The fraction of sp³-hybridized carbons (Fsp3) is 0.200. The van der Waals surface area contributed by atoms with Crippen molar-refractivity contribution >= 4 is 0 Å². The quantitative estimate of drug-likeness (QED) is 0.564. The molecule has 1 aromatic carbocycles. The summed E-state index contributed by atoms with van der Waals surface area (Å²) in [5.41, 5.74) is 1.09. The van der Waals surface area contributed by atoms with Crippen molar-refractivity contribution in [2.24, 2.45) is 0 Å². The summed E-state index contributed by atoms with van der Waals surface area (Å²) in [7, 11) is 0. The fourth-order valence-electron chi connectivity index (χ4n) is 0.628. The molecular weight excluding hydrogens is 136 g/mol. The van der Waals surface area contributed by atoms with Gasteiger partial charge < -0.3 is 5.11 Å². The van der Waals surface area contributed by atoms with Crippen molar-refractivity contribution in [2.45, 2.75) is 13.8 Å². The Bertz CT molecular complexity index is 199. The van der Waals surface area contributed by atoms with Gasteiger partial charge in [-0.25, -0.2) is 0 Å². The van der Waals surface area contributed by atoms with Gasteiger partial charge in [-0.1, -0.05) is 18.2 Å². The predicted molar refractivity (Wildman–Crippen MR) is 48.7 cm³/mol. The lowest BCUT2D eigenvalue weighted by Gasteiger charge is -1.89. The molecule has 0 aromatic heterocycles. The molecule has 1 N–H and O–H groups in total. The zero-order chi connectivity index (χ0) is 8.69. The van der Waals surface area contributed by atoms with Gasteiger partial charge in [-0.05, 0) is 31.5 Å². The number of phenols is 1. The van der Waals surface area contributed by atoms with Crippen LogP contribution in [-0.2, 0) is 0 Å². The average Bonchev–Trinajstić information content (AvgIpc) is 1.88. The van der Waals surface area contributed by atoms with Crippen LogP contribution in [0.25, 0.3) is 0 Å². The van der Waals surface area contributed by atoms with E-state index in [1.54, 1.807) is 18.2 Å². The zero-order valence-electron chi connectivity index (χ0n) is 7.04. The highest BCUT2D eigenvalue weighted by Crippen LogP contribution is 2.08. The largest absolute Gasteiger partial charge is 0.508 e. The maximum Gasteiger partial charge on any atom is 0.115 e. The highest BCUT2D eigenvalue weighted by molar-refractivity contribution is 5.25. The van der Waals surface area contributed by atoms with E-state index < -0.39 is 0 Å². The number of phenolic OH excluding ortho intramolecular Hbond substituents is 1. The van der Waals surface area contributed by atoms with Crippen LogP contribution < -0.4 is 0 Å². The second-order valence-electron chi connectivity index (χ2n) is 2.25. The van der Waals surface area contributed by atoms with Gasteiger partial charge in [0.25, 0.3) is 0 Å². The average molecular weight is 150 g/mol. The Morgan fingerprint density at radius 3 is 2.27 bits per heavy atom.